The Hall–Kier alpha value is -2.11. The van der Waals surface area contributed by atoms with E-state index in [4.69, 9.17) is 0 Å². The van der Waals surface area contributed by atoms with E-state index in [9.17, 15) is 4.79 Å². The average molecular weight is 380 g/mol. The number of nitrogens with zero attached hydrogens (tertiary/aromatic N) is 2. The quantitative estimate of drug-likeness (QED) is 0.771. The van der Waals surface area contributed by atoms with Crippen LogP contribution in [-0.4, -0.2) is 50.0 Å². The first kappa shape index (κ1) is 17.0. The molecule has 27 heavy (non-hydrogen) atoms. The molecule has 2 aliphatic heterocycles. The van der Waals surface area contributed by atoms with Crippen LogP contribution in [0.2, 0.25) is 0 Å². The molecule has 1 saturated carbocycles. The van der Waals surface area contributed by atoms with E-state index >= 15 is 0 Å². The van der Waals surface area contributed by atoms with Gasteiger partial charge in [-0.3, -0.25) is 4.79 Å². The van der Waals surface area contributed by atoms with Gasteiger partial charge in [-0.2, -0.15) is 0 Å². The zero-order valence-corrected chi connectivity index (χ0v) is 16.5. The van der Waals surface area contributed by atoms with Gasteiger partial charge in [0, 0.05) is 37.3 Å². The van der Waals surface area contributed by atoms with E-state index in [2.05, 4.69) is 34.3 Å². The Kier molecular flexibility index (Phi) is 4.29. The van der Waals surface area contributed by atoms with Crippen molar-refractivity contribution >= 4 is 33.2 Å². The van der Waals surface area contributed by atoms with Gasteiger partial charge in [0.1, 0.15) is 10.0 Å². The zero-order chi connectivity index (χ0) is 18.4. The predicted octanol–water partition coefficient (Wildman–Crippen LogP) is 3.95. The van der Waals surface area contributed by atoms with Crippen LogP contribution >= 0.6 is 11.3 Å². The molecule has 1 saturated heterocycles. The second-order valence-corrected chi connectivity index (χ2v) is 9.03. The highest BCUT2D eigenvalue weighted by atomic mass is 32.1. The Labute approximate surface area is 164 Å². The van der Waals surface area contributed by atoms with Crippen LogP contribution < -0.4 is 10.2 Å². The first-order valence-corrected chi connectivity index (χ1v) is 10.6. The topological polar surface area (TPSA) is 35.6 Å². The second kappa shape index (κ2) is 6.80. The van der Waals surface area contributed by atoms with Gasteiger partial charge < -0.3 is 15.1 Å². The number of anilines is 2. The number of hydrogen-bond acceptors (Lipinski definition) is 5. The summed E-state index contributed by atoms with van der Waals surface area (Å²) in [7, 11) is 2.13. The van der Waals surface area contributed by atoms with Crippen molar-refractivity contribution in [1.29, 1.82) is 0 Å². The first-order chi connectivity index (χ1) is 13.2. The monoisotopic (exact) mass is 379 g/mol. The largest absolute Gasteiger partial charge is 0.371 e. The number of carbonyl (C=O) groups excluding carboxylic acids is 1. The van der Waals surface area contributed by atoms with Gasteiger partial charge in [0.25, 0.3) is 0 Å². The molecule has 5 rings (SSSR count). The molecule has 0 unspecified atom stereocenters. The maximum Gasteiger partial charge on any atom is 0.196 e. The zero-order valence-electron chi connectivity index (χ0n) is 15.6. The van der Waals surface area contributed by atoms with E-state index < -0.39 is 0 Å². The molecule has 140 valence electrons. The Morgan fingerprint density at radius 2 is 2.00 bits per heavy atom. The minimum Gasteiger partial charge on any atom is -0.371 e. The lowest BCUT2D eigenvalue weighted by Gasteiger charge is -2.37. The smallest absolute Gasteiger partial charge is 0.196 e. The highest BCUT2D eigenvalue weighted by molar-refractivity contribution is 7.20. The number of hydrogen-bond donors (Lipinski definition) is 1. The van der Waals surface area contributed by atoms with Crippen molar-refractivity contribution in [3.63, 3.8) is 0 Å². The molecule has 1 aromatic carbocycles. The molecular formula is C22H25N3OS. The lowest BCUT2D eigenvalue weighted by atomic mass is 9.99. The molecule has 1 aliphatic carbocycles. The molecule has 1 aromatic heterocycles. The highest BCUT2D eigenvalue weighted by Crippen LogP contribution is 2.45. The van der Waals surface area contributed by atoms with Crippen LogP contribution in [0.25, 0.3) is 6.08 Å². The van der Waals surface area contributed by atoms with Crippen molar-refractivity contribution in [2.75, 3.05) is 43.4 Å². The molecule has 3 heterocycles. The molecule has 2 aromatic rings. The van der Waals surface area contributed by atoms with Gasteiger partial charge in [-0.05, 0) is 25.8 Å². The number of thiophene rings is 1. The van der Waals surface area contributed by atoms with Crippen LogP contribution in [0.4, 0.5) is 10.0 Å². The summed E-state index contributed by atoms with van der Waals surface area (Å²) in [5.41, 5.74) is 2.73. The molecule has 0 atom stereocenters. The van der Waals surface area contributed by atoms with E-state index in [1.165, 1.54) is 17.8 Å². The lowest BCUT2D eigenvalue weighted by molar-refractivity contribution is 0.103. The van der Waals surface area contributed by atoms with E-state index in [-0.39, 0.29) is 5.78 Å². The fraction of sp³-hybridized carbons (Fsp3) is 0.409. The van der Waals surface area contributed by atoms with E-state index in [1.54, 1.807) is 11.3 Å². The van der Waals surface area contributed by atoms with Gasteiger partial charge in [-0.25, -0.2) is 0 Å². The van der Waals surface area contributed by atoms with Crippen molar-refractivity contribution in [3.8, 4) is 0 Å². The molecule has 0 spiro atoms. The Morgan fingerprint density at radius 3 is 2.70 bits per heavy atom. The molecule has 2 fully saturated rings. The minimum atomic E-state index is 0.126. The van der Waals surface area contributed by atoms with Crippen molar-refractivity contribution < 1.29 is 4.79 Å². The van der Waals surface area contributed by atoms with Gasteiger partial charge in [-0.15, -0.1) is 0 Å². The fourth-order valence-corrected chi connectivity index (χ4v) is 5.29. The van der Waals surface area contributed by atoms with E-state index in [0.717, 1.165) is 53.8 Å². The molecule has 5 heteroatoms. The fourth-order valence-electron chi connectivity index (χ4n) is 4.01. The van der Waals surface area contributed by atoms with E-state index in [0.29, 0.717) is 6.04 Å². The summed E-state index contributed by atoms with van der Waals surface area (Å²) in [6.07, 6.45) is 7.05. The standard InChI is InChI=1S/C22H25N3OS/c1-24-13-17(14-24)23-21-19(20(26)16-6-3-2-4-7-16)18-8-5-11-25(22(18)27-21)12-15-9-10-15/h2-8,15,17,23H,9-14H2,1H3. The SMILES string of the molecule is CN1CC(Nc2sc3c(c2C(=O)c2ccccc2)C=CCN3CC2CC2)C1. The molecule has 0 amide bonds. The summed E-state index contributed by atoms with van der Waals surface area (Å²) >= 11 is 1.77. The van der Waals surface area contributed by atoms with Crippen LogP contribution in [-0.2, 0) is 0 Å². The summed E-state index contributed by atoms with van der Waals surface area (Å²) < 4.78 is 0. The number of rotatable bonds is 6. The molecule has 1 N–H and O–H groups in total. The van der Waals surface area contributed by atoms with Crippen LogP contribution in [0.3, 0.4) is 0 Å². The third-order valence-electron chi connectivity index (χ3n) is 5.66. The van der Waals surface area contributed by atoms with Gasteiger partial charge in [0.15, 0.2) is 5.78 Å². The predicted molar refractivity (Wildman–Crippen MR) is 113 cm³/mol. The number of nitrogens with one attached hydrogen (secondary N) is 1. The van der Waals surface area contributed by atoms with Gasteiger partial charge in [-0.1, -0.05) is 53.8 Å². The number of fused-ring (bicyclic) bond motifs is 1. The maximum atomic E-state index is 13.4. The van der Waals surface area contributed by atoms with Crippen molar-refractivity contribution in [2.24, 2.45) is 5.92 Å². The maximum absolute atomic E-state index is 13.4. The minimum absolute atomic E-state index is 0.126. The molecule has 0 bridgehead atoms. The summed E-state index contributed by atoms with van der Waals surface area (Å²) in [4.78, 5) is 18.2. The Morgan fingerprint density at radius 1 is 1.22 bits per heavy atom. The number of likely N-dealkylation sites (N-methyl/N-ethyl adjacent to an activating group) is 1. The summed E-state index contributed by atoms with van der Waals surface area (Å²) in [6, 6.07) is 10.1. The van der Waals surface area contributed by atoms with Gasteiger partial charge in [0.2, 0.25) is 0 Å². The second-order valence-electron chi connectivity index (χ2n) is 8.03. The molecular weight excluding hydrogens is 354 g/mol. The summed E-state index contributed by atoms with van der Waals surface area (Å²) in [5.74, 6) is 0.956. The Bertz CT molecular complexity index is 878. The number of benzene rings is 1. The molecule has 3 aliphatic rings. The van der Waals surface area contributed by atoms with Crippen LogP contribution in [0.15, 0.2) is 36.4 Å². The number of ketones is 1. The van der Waals surface area contributed by atoms with Gasteiger partial charge in [0.05, 0.1) is 11.6 Å². The van der Waals surface area contributed by atoms with Crippen molar-refractivity contribution in [1.82, 2.24) is 4.90 Å². The summed E-state index contributed by atoms with van der Waals surface area (Å²) in [5, 5.41) is 5.97. The molecule has 0 radical (unpaired) electrons. The Balaban J connectivity index is 1.53. The third-order valence-corrected chi connectivity index (χ3v) is 6.86. The van der Waals surface area contributed by atoms with Crippen molar-refractivity contribution in [3.05, 3.63) is 53.1 Å². The summed E-state index contributed by atoms with van der Waals surface area (Å²) in [6.45, 7) is 4.13. The van der Waals surface area contributed by atoms with Crippen molar-refractivity contribution in [2.45, 2.75) is 18.9 Å². The highest BCUT2D eigenvalue weighted by Gasteiger charge is 2.32. The van der Waals surface area contributed by atoms with Crippen LogP contribution in [0.5, 0.6) is 0 Å². The van der Waals surface area contributed by atoms with E-state index in [1.807, 2.05) is 30.3 Å². The first-order valence-electron chi connectivity index (χ1n) is 9.82. The number of carbonyl (C=O) groups is 1. The van der Waals surface area contributed by atoms with Crippen LogP contribution in [0.1, 0.15) is 34.3 Å². The molecule has 4 nitrogen and oxygen atoms in total. The lowest BCUT2D eigenvalue weighted by Crippen LogP contribution is -2.52. The average Bonchev–Trinajstić information content (AvgIpc) is 3.39. The van der Waals surface area contributed by atoms with Crippen LogP contribution in [0, 0.1) is 5.92 Å². The third kappa shape index (κ3) is 3.30. The normalized spacial score (nSPS) is 19.7. The van der Waals surface area contributed by atoms with Gasteiger partial charge >= 0.3 is 0 Å². The number of likely N-dealkylation sites (tertiary alicyclic amines) is 1.